The first-order chi connectivity index (χ1) is 28.3. The van der Waals surface area contributed by atoms with E-state index in [4.69, 9.17) is 0 Å². The molecule has 0 bridgehead atoms. The highest BCUT2D eigenvalue weighted by atomic mass is 14.5. The normalized spacial score (nSPS) is 29.1. The molecule has 0 saturated heterocycles. The van der Waals surface area contributed by atoms with Crippen molar-refractivity contribution >= 4 is 22.8 Å². The lowest BCUT2D eigenvalue weighted by atomic mass is 9.58. The van der Waals surface area contributed by atoms with Crippen LogP contribution in [0.4, 0.5) is 0 Å². The summed E-state index contributed by atoms with van der Waals surface area (Å²) in [6.07, 6.45) is 36.2. The van der Waals surface area contributed by atoms with Crippen LogP contribution in [-0.2, 0) is 10.8 Å². The summed E-state index contributed by atoms with van der Waals surface area (Å²) in [6.45, 7) is 9.86. The molecule has 0 fully saturated rings. The summed E-state index contributed by atoms with van der Waals surface area (Å²) in [7, 11) is 0. The molecule has 0 aliphatic heterocycles. The van der Waals surface area contributed by atoms with Gasteiger partial charge in [0.25, 0.3) is 0 Å². The van der Waals surface area contributed by atoms with Gasteiger partial charge in [-0.2, -0.15) is 0 Å². The molecule has 0 saturated carbocycles. The fourth-order valence-electron chi connectivity index (χ4n) is 13.3. The Morgan fingerprint density at radius 2 is 1.28 bits per heavy atom. The third-order valence-corrected chi connectivity index (χ3v) is 16.2. The Labute approximate surface area is 345 Å². The largest absolute Gasteiger partial charge is 0.0839 e. The molecule has 0 N–H and O–H groups in total. The van der Waals surface area contributed by atoms with Gasteiger partial charge < -0.3 is 0 Å². The Bertz CT molecular complexity index is 2820. The maximum absolute atomic E-state index is 2.83. The molecule has 0 heteroatoms. The maximum atomic E-state index is 2.83. The number of rotatable bonds is 3. The van der Waals surface area contributed by atoms with Gasteiger partial charge in [-0.15, -0.1) is 0 Å². The highest BCUT2D eigenvalue weighted by Crippen LogP contribution is 2.59. The minimum Gasteiger partial charge on any atom is -0.0839 e. The minimum atomic E-state index is 0.0507. The van der Waals surface area contributed by atoms with Gasteiger partial charge in [0.15, 0.2) is 0 Å². The van der Waals surface area contributed by atoms with Crippen molar-refractivity contribution in [2.24, 2.45) is 29.6 Å². The van der Waals surface area contributed by atoms with E-state index in [1.807, 2.05) is 0 Å². The zero-order valence-corrected chi connectivity index (χ0v) is 34.6. The van der Waals surface area contributed by atoms with Gasteiger partial charge in [0, 0.05) is 28.6 Å². The lowest BCUT2D eigenvalue weighted by molar-refractivity contribution is 0.359. The van der Waals surface area contributed by atoms with Gasteiger partial charge in [0.1, 0.15) is 0 Å². The van der Waals surface area contributed by atoms with Crippen molar-refractivity contribution in [2.75, 3.05) is 0 Å². The Hall–Kier alpha value is -5.20. The van der Waals surface area contributed by atoms with Gasteiger partial charge in [-0.05, 0) is 140 Å². The first kappa shape index (κ1) is 34.8. The SMILES string of the molecule is CC1(C)C2=C(C=CC(C3=CC4C5=C(CCC(C6=c7ccccc7=CCC6)=C5)C(C5C=CC6=C(C5)C(C)(C)c5ccccc56)=CC4C4CC=CC=C34)C2)c2ccccc21. The zero-order valence-electron chi connectivity index (χ0n) is 34.6. The van der Waals surface area contributed by atoms with Crippen molar-refractivity contribution < 1.29 is 0 Å². The van der Waals surface area contributed by atoms with E-state index in [-0.39, 0.29) is 10.8 Å². The quantitative estimate of drug-likeness (QED) is 0.250. The van der Waals surface area contributed by atoms with Gasteiger partial charge in [0.2, 0.25) is 0 Å². The van der Waals surface area contributed by atoms with Gasteiger partial charge in [-0.3, -0.25) is 0 Å². The average molecular weight is 751 g/mol. The Morgan fingerprint density at radius 1 is 0.621 bits per heavy atom. The first-order valence-electron chi connectivity index (χ1n) is 22.3. The number of hydrogen-bond donors (Lipinski definition) is 0. The van der Waals surface area contributed by atoms with Crippen LogP contribution in [0.3, 0.4) is 0 Å². The number of allylic oxidation sites excluding steroid dienone is 20. The monoisotopic (exact) mass is 750 g/mol. The van der Waals surface area contributed by atoms with E-state index in [1.54, 1.807) is 50.2 Å². The molecule has 0 aromatic heterocycles. The number of benzene rings is 3. The second kappa shape index (κ2) is 12.6. The van der Waals surface area contributed by atoms with Crippen molar-refractivity contribution in [1.82, 2.24) is 0 Å². The maximum Gasteiger partial charge on any atom is 0.0121 e. The van der Waals surface area contributed by atoms with Gasteiger partial charge in [-0.25, -0.2) is 0 Å². The summed E-state index contributed by atoms with van der Waals surface area (Å²) in [6, 6.07) is 27.5. The molecule has 3 aromatic carbocycles. The summed E-state index contributed by atoms with van der Waals surface area (Å²) < 4.78 is 0. The molecule has 9 aliphatic rings. The Morgan fingerprint density at radius 3 is 2.00 bits per heavy atom. The molecule has 0 radical (unpaired) electrons. The molecule has 9 aliphatic carbocycles. The first-order valence-corrected chi connectivity index (χ1v) is 22.3. The Balaban J connectivity index is 0.992. The van der Waals surface area contributed by atoms with Crippen LogP contribution in [0.2, 0.25) is 0 Å². The van der Waals surface area contributed by atoms with Crippen LogP contribution < -0.4 is 10.4 Å². The van der Waals surface area contributed by atoms with Crippen LogP contribution in [0, 0.1) is 29.6 Å². The molecule has 286 valence electrons. The molecular weight excluding hydrogens is 697 g/mol. The molecule has 58 heavy (non-hydrogen) atoms. The highest BCUT2D eigenvalue weighted by Gasteiger charge is 2.46. The van der Waals surface area contributed by atoms with E-state index in [0.29, 0.717) is 29.6 Å². The third kappa shape index (κ3) is 4.93. The Kier molecular flexibility index (Phi) is 7.59. The molecule has 5 atom stereocenters. The van der Waals surface area contributed by atoms with Crippen LogP contribution in [0.1, 0.15) is 94.9 Å². The van der Waals surface area contributed by atoms with E-state index < -0.39 is 0 Å². The highest BCUT2D eigenvalue weighted by molar-refractivity contribution is 5.88. The lowest BCUT2D eigenvalue weighted by Gasteiger charge is -2.46. The van der Waals surface area contributed by atoms with E-state index in [9.17, 15) is 0 Å². The number of hydrogen-bond acceptors (Lipinski definition) is 0. The van der Waals surface area contributed by atoms with E-state index in [1.165, 1.54) is 43.8 Å². The van der Waals surface area contributed by atoms with Crippen molar-refractivity contribution in [3.8, 4) is 0 Å². The lowest BCUT2D eigenvalue weighted by Crippen LogP contribution is -2.36. The molecule has 12 rings (SSSR count). The fraction of sp³-hybridized carbons (Fsp3) is 0.310. The van der Waals surface area contributed by atoms with Gasteiger partial charge in [-0.1, -0.05) is 178 Å². The molecule has 0 spiro atoms. The third-order valence-electron chi connectivity index (χ3n) is 16.2. The summed E-state index contributed by atoms with van der Waals surface area (Å²) in [4.78, 5) is 0. The van der Waals surface area contributed by atoms with Crippen molar-refractivity contribution in [3.63, 3.8) is 0 Å². The number of fused-ring (bicyclic) bond motifs is 9. The fourth-order valence-corrected chi connectivity index (χ4v) is 13.3. The topological polar surface area (TPSA) is 0 Å². The average Bonchev–Trinajstić information content (AvgIpc) is 3.64. The summed E-state index contributed by atoms with van der Waals surface area (Å²) in [5.74, 6) is 2.12. The smallest absolute Gasteiger partial charge is 0.0121 e. The van der Waals surface area contributed by atoms with Crippen molar-refractivity contribution in [1.29, 1.82) is 0 Å². The summed E-state index contributed by atoms with van der Waals surface area (Å²) in [5.41, 5.74) is 23.5. The van der Waals surface area contributed by atoms with Crippen LogP contribution in [0.5, 0.6) is 0 Å². The summed E-state index contributed by atoms with van der Waals surface area (Å²) in [5, 5.41) is 2.88. The second-order valence-electron chi connectivity index (χ2n) is 19.6. The second-order valence-corrected chi connectivity index (χ2v) is 19.6. The van der Waals surface area contributed by atoms with Crippen LogP contribution in [0.25, 0.3) is 22.8 Å². The van der Waals surface area contributed by atoms with Crippen molar-refractivity contribution in [2.45, 2.75) is 83.5 Å². The predicted molar refractivity (Wildman–Crippen MR) is 243 cm³/mol. The summed E-state index contributed by atoms with van der Waals surface area (Å²) >= 11 is 0. The molecule has 3 aromatic rings. The van der Waals surface area contributed by atoms with Crippen LogP contribution in [-0.4, -0.2) is 0 Å². The minimum absolute atomic E-state index is 0.0507. The zero-order chi connectivity index (χ0) is 38.9. The van der Waals surface area contributed by atoms with E-state index in [2.05, 4.69) is 167 Å². The van der Waals surface area contributed by atoms with Crippen LogP contribution >= 0.6 is 0 Å². The molecule has 0 amide bonds. The molecule has 0 heterocycles. The van der Waals surface area contributed by atoms with E-state index in [0.717, 1.165) is 44.9 Å². The van der Waals surface area contributed by atoms with Crippen LogP contribution in [0.15, 0.2) is 178 Å². The van der Waals surface area contributed by atoms with Crippen molar-refractivity contribution in [3.05, 3.63) is 211 Å². The van der Waals surface area contributed by atoms with E-state index >= 15 is 0 Å². The molecule has 5 unspecified atom stereocenters. The van der Waals surface area contributed by atoms with Gasteiger partial charge in [0.05, 0.1) is 0 Å². The predicted octanol–water partition coefficient (Wildman–Crippen LogP) is 12.7. The molecular formula is C58H54. The molecule has 0 nitrogen and oxygen atoms in total. The van der Waals surface area contributed by atoms with Gasteiger partial charge >= 0.3 is 0 Å². The standard InChI is InChI=1S/C58H54/c1-57(2)53-22-11-9-19-44(53)46-28-25-37(31-55(46)57)48-34-52-50-30-36(40-21-13-15-35-14-5-6-16-39(35)40)24-27-43(50)49(33-51(52)42-18-8-7-17-41(42)48)38-26-29-47-45-20-10-12-23-54(45)58(3,4)56(47)32-38/h5-12,14-17,19-20,22-23,25-26,28-30,33-34,37-38,42,51-52H,13,18,21,24,27,31-32H2,1-4H3.